The van der Waals surface area contributed by atoms with Crippen LogP contribution in [-0.2, 0) is 4.79 Å². The van der Waals surface area contributed by atoms with E-state index in [0.717, 1.165) is 20.0 Å². The third-order valence-corrected chi connectivity index (χ3v) is 5.75. The highest BCUT2D eigenvalue weighted by atomic mass is 32.2. The number of aromatic nitrogens is 1. The van der Waals surface area contributed by atoms with E-state index < -0.39 is 0 Å². The molecule has 0 atom stereocenters. The second-order valence-corrected chi connectivity index (χ2v) is 7.54. The molecule has 2 aromatic carbocycles. The van der Waals surface area contributed by atoms with Crippen molar-refractivity contribution in [3.8, 4) is 0 Å². The summed E-state index contributed by atoms with van der Waals surface area (Å²) in [5.41, 5.74) is 0.923. The van der Waals surface area contributed by atoms with Crippen LogP contribution in [0.25, 0.3) is 10.2 Å². The van der Waals surface area contributed by atoms with Gasteiger partial charge in [0.15, 0.2) is 5.13 Å². The molecule has 3 aromatic rings. The van der Waals surface area contributed by atoms with Gasteiger partial charge >= 0.3 is 0 Å². The topological polar surface area (TPSA) is 42.0 Å². The van der Waals surface area contributed by atoms with Crippen molar-refractivity contribution in [2.75, 3.05) is 17.3 Å². The Morgan fingerprint density at radius 2 is 2.04 bits per heavy atom. The average molecular weight is 364 g/mol. The summed E-state index contributed by atoms with van der Waals surface area (Å²) in [7, 11) is 0. The molecule has 0 spiro atoms. The van der Waals surface area contributed by atoms with Gasteiger partial charge < -0.3 is 5.32 Å². The molecule has 1 heterocycles. The number of nitrogens with zero attached hydrogens (tertiary/aromatic N) is 1. The molecule has 0 aliphatic rings. The largest absolute Gasteiger partial charge is 0.301 e. The summed E-state index contributed by atoms with van der Waals surface area (Å²) < 4.78 is 13.9. The van der Waals surface area contributed by atoms with E-state index >= 15 is 0 Å². The van der Waals surface area contributed by atoms with Crippen LogP contribution >= 0.6 is 34.9 Å². The predicted octanol–water partition coefficient (Wildman–Crippen LogP) is 4.89. The van der Waals surface area contributed by atoms with Gasteiger partial charge in [0.1, 0.15) is 5.82 Å². The average Bonchev–Trinajstić information content (AvgIpc) is 2.96. The predicted molar refractivity (Wildman–Crippen MR) is 97.2 cm³/mol. The molecule has 3 rings (SSSR count). The van der Waals surface area contributed by atoms with Crippen molar-refractivity contribution in [3.05, 3.63) is 48.3 Å². The number of halogens is 1. The molecule has 0 saturated heterocycles. The van der Waals surface area contributed by atoms with Gasteiger partial charge in [0, 0.05) is 9.79 Å². The Hall–Kier alpha value is -1.57. The van der Waals surface area contributed by atoms with Crippen LogP contribution in [0.3, 0.4) is 0 Å². The highest BCUT2D eigenvalue weighted by Crippen LogP contribution is 2.32. The molecule has 0 radical (unpaired) electrons. The fraction of sp³-hybridized carbons (Fsp3) is 0.125. The molecule has 1 N–H and O–H groups in total. The summed E-state index contributed by atoms with van der Waals surface area (Å²) in [6.45, 7) is 0. The first-order valence-corrected chi connectivity index (χ1v) is 9.80. The van der Waals surface area contributed by atoms with Crippen LogP contribution in [0, 0.1) is 5.82 Å². The Morgan fingerprint density at radius 3 is 2.78 bits per heavy atom. The Morgan fingerprint density at radius 1 is 1.26 bits per heavy atom. The maximum absolute atomic E-state index is 12.8. The van der Waals surface area contributed by atoms with Gasteiger partial charge in [0.2, 0.25) is 5.91 Å². The van der Waals surface area contributed by atoms with Gasteiger partial charge in [0.25, 0.3) is 0 Å². The van der Waals surface area contributed by atoms with Gasteiger partial charge in [-0.25, -0.2) is 9.37 Å². The van der Waals surface area contributed by atoms with Crippen LogP contribution in [0.5, 0.6) is 0 Å². The lowest BCUT2D eigenvalue weighted by atomic mass is 10.3. The van der Waals surface area contributed by atoms with Crippen LogP contribution in [0.1, 0.15) is 0 Å². The van der Waals surface area contributed by atoms with Crippen molar-refractivity contribution in [1.82, 2.24) is 4.98 Å². The molecule has 1 aromatic heterocycles. The fourth-order valence-corrected chi connectivity index (χ4v) is 4.21. The number of thioether (sulfide) groups is 2. The molecule has 7 heteroatoms. The zero-order valence-electron chi connectivity index (χ0n) is 12.2. The van der Waals surface area contributed by atoms with Gasteiger partial charge in [-0.1, -0.05) is 17.4 Å². The maximum Gasteiger partial charge on any atom is 0.236 e. The van der Waals surface area contributed by atoms with Gasteiger partial charge in [-0.2, -0.15) is 0 Å². The summed E-state index contributed by atoms with van der Waals surface area (Å²) in [5, 5.41) is 3.43. The van der Waals surface area contributed by atoms with Crippen LogP contribution in [-0.4, -0.2) is 22.9 Å². The number of anilines is 1. The summed E-state index contributed by atoms with van der Waals surface area (Å²) in [6, 6.07) is 12.1. The minimum atomic E-state index is -0.280. The molecule has 23 heavy (non-hydrogen) atoms. The van der Waals surface area contributed by atoms with Crippen molar-refractivity contribution < 1.29 is 9.18 Å². The minimum absolute atomic E-state index is 0.121. The number of fused-ring (bicyclic) bond motifs is 1. The lowest BCUT2D eigenvalue weighted by molar-refractivity contribution is -0.113. The Kier molecular flexibility index (Phi) is 5.20. The summed E-state index contributed by atoms with van der Waals surface area (Å²) >= 11 is 4.46. The number of rotatable bonds is 5. The molecule has 0 saturated carbocycles. The zero-order chi connectivity index (χ0) is 16.2. The monoisotopic (exact) mass is 364 g/mol. The van der Waals surface area contributed by atoms with Crippen molar-refractivity contribution >= 4 is 56.1 Å². The molecule has 0 aliphatic heterocycles. The summed E-state index contributed by atoms with van der Waals surface area (Å²) in [5.74, 6) is -0.140. The van der Waals surface area contributed by atoms with E-state index in [1.807, 2.05) is 24.5 Å². The molecule has 3 nitrogen and oxygen atoms in total. The summed E-state index contributed by atoms with van der Waals surface area (Å²) in [6.07, 6.45) is 2.01. The molecular formula is C16H13FN2OS3. The highest BCUT2D eigenvalue weighted by Gasteiger charge is 2.10. The number of para-hydroxylation sites is 1. The van der Waals surface area contributed by atoms with Crippen molar-refractivity contribution in [2.24, 2.45) is 0 Å². The molecule has 0 fully saturated rings. The second kappa shape index (κ2) is 7.33. The van der Waals surface area contributed by atoms with E-state index in [0.29, 0.717) is 5.13 Å². The minimum Gasteiger partial charge on any atom is -0.301 e. The Bertz CT molecular complexity index is 833. The number of hydrogen-bond acceptors (Lipinski definition) is 5. The van der Waals surface area contributed by atoms with Crippen LogP contribution < -0.4 is 5.32 Å². The van der Waals surface area contributed by atoms with Crippen LogP contribution in [0.15, 0.2) is 52.3 Å². The lowest BCUT2D eigenvalue weighted by Gasteiger charge is -2.02. The second-order valence-electron chi connectivity index (χ2n) is 4.62. The van der Waals surface area contributed by atoms with Gasteiger partial charge in [0.05, 0.1) is 16.0 Å². The molecule has 0 bridgehead atoms. The molecule has 0 unspecified atom stereocenters. The lowest BCUT2D eigenvalue weighted by Crippen LogP contribution is -2.13. The number of benzene rings is 2. The quantitative estimate of drug-likeness (QED) is 0.655. The van der Waals surface area contributed by atoms with Crippen molar-refractivity contribution in [2.45, 2.75) is 9.79 Å². The van der Waals surface area contributed by atoms with E-state index in [1.54, 1.807) is 23.9 Å². The van der Waals surface area contributed by atoms with Gasteiger partial charge in [-0.05, 0) is 42.7 Å². The third-order valence-electron chi connectivity index (χ3n) is 3.03. The summed E-state index contributed by atoms with van der Waals surface area (Å²) in [4.78, 5) is 18.5. The van der Waals surface area contributed by atoms with Gasteiger partial charge in [-0.3, -0.25) is 4.79 Å². The zero-order valence-corrected chi connectivity index (χ0v) is 14.7. The SMILES string of the molecule is CSc1cccc2sc(NC(=O)CSc3ccc(F)cc3)nc12. The van der Waals surface area contributed by atoms with Crippen LogP contribution in [0.2, 0.25) is 0 Å². The number of amides is 1. The number of hydrogen-bond donors (Lipinski definition) is 1. The van der Waals surface area contributed by atoms with E-state index in [4.69, 9.17) is 0 Å². The molecule has 1 amide bonds. The van der Waals surface area contributed by atoms with Crippen molar-refractivity contribution in [1.29, 1.82) is 0 Å². The first kappa shape index (κ1) is 16.3. The normalized spacial score (nSPS) is 10.9. The van der Waals surface area contributed by atoms with Crippen molar-refractivity contribution in [3.63, 3.8) is 0 Å². The molecule has 0 aliphatic carbocycles. The van der Waals surface area contributed by atoms with E-state index in [-0.39, 0.29) is 17.5 Å². The Balaban J connectivity index is 1.64. The highest BCUT2D eigenvalue weighted by molar-refractivity contribution is 8.00. The molecule has 118 valence electrons. The van der Waals surface area contributed by atoms with Crippen LogP contribution in [0.4, 0.5) is 9.52 Å². The standard InChI is InChI=1S/C16H13FN2OS3/c1-21-12-3-2-4-13-15(12)19-16(23-13)18-14(20)9-22-11-7-5-10(17)6-8-11/h2-8H,9H2,1H3,(H,18,19,20). The smallest absolute Gasteiger partial charge is 0.236 e. The first-order chi connectivity index (χ1) is 11.2. The number of nitrogens with one attached hydrogen (secondary N) is 1. The Labute approximate surface area is 145 Å². The number of thiazole rings is 1. The number of carbonyl (C=O) groups is 1. The third kappa shape index (κ3) is 4.04. The molecular weight excluding hydrogens is 351 g/mol. The van der Waals surface area contributed by atoms with E-state index in [1.165, 1.54) is 35.2 Å². The first-order valence-electron chi connectivity index (χ1n) is 6.77. The fourth-order valence-electron chi connectivity index (χ4n) is 1.98. The maximum atomic E-state index is 12.8. The number of carbonyl (C=O) groups excluding carboxylic acids is 1. The van der Waals surface area contributed by atoms with Gasteiger partial charge in [-0.15, -0.1) is 23.5 Å². The van der Waals surface area contributed by atoms with E-state index in [2.05, 4.69) is 10.3 Å². The van der Waals surface area contributed by atoms with E-state index in [9.17, 15) is 9.18 Å².